The van der Waals surface area contributed by atoms with E-state index in [2.05, 4.69) is 5.32 Å². The Morgan fingerprint density at radius 2 is 1.89 bits per heavy atom. The molecule has 0 unspecified atom stereocenters. The van der Waals surface area contributed by atoms with E-state index >= 15 is 0 Å². The second-order valence-corrected chi connectivity index (χ2v) is 4.90. The first-order chi connectivity index (χ1) is 8.47. The molecule has 5 nitrogen and oxygen atoms in total. The monoisotopic (exact) mass is 269 g/mol. The number of anilines is 1. The highest BCUT2D eigenvalue weighted by molar-refractivity contribution is 7.18. The van der Waals surface area contributed by atoms with Crippen LogP contribution in [0.25, 0.3) is 0 Å². The third kappa shape index (κ3) is 2.48. The van der Waals surface area contributed by atoms with Crippen LogP contribution in [-0.4, -0.2) is 36.9 Å². The minimum absolute atomic E-state index is 0.110. The molecule has 3 N–H and O–H groups in total. The Labute approximate surface area is 111 Å². The van der Waals surface area contributed by atoms with E-state index in [4.69, 9.17) is 5.73 Å². The zero-order valence-electron chi connectivity index (χ0n) is 11.2. The smallest absolute Gasteiger partial charge is 0.261 e. The fourth-order valence-electron chi connectivity index (χ4n) is 1.80. The lowest BCUT2D eigenvalue weighted by molar-refractivity contribution is 0.0774. The Hall–Kier alpha value is -1.56. The molecule has 0 saturated carbocycles. The van der Waals surface area contributed by atoms with Crippen LogP contribution >= 0.6 is 11.3 Å². The van der Waals surface area contributed by atoms with Crippen LogP contribution in [-0.2, 0) is 0 Å². The highest BCUT2D eigenvalue weighted by Gasteiger charge is 2.25. The second-order valence-electron chi connectivity index (χ2n) is 3.85. The van der Waals surface area contributed by atoms with Crippen LogP contribution in [0.1, 0.15) is 39.4 Å². The first-order valence-electron chi connectivity index (χ1n) is 5.88. The summed E-state index contributed by atoms with van der Waals surface area (Å²) in [5.41, 5.74) is 7.00. The van der Waals surface area contributed by atoms with Crippen molar-refractivity contribution in [3.8, 4) is 0 Å². The summed E-state index contributed by atoms with van der Waals surface area (Å²) in [6.07, 6.45) is 0. The standard InChI is InChI=1S/C12H19N3O2S/c1-5-15(6-2)12(17)8-7(3)9(11(16)14-4)18-10(8)13/h5-6,13H2,1-4H3,(H,14,16). The Kier molecular flexibility index (Phi) is 4.72. The molecule has 1 rings (SSSR count). The molecule has 0 saturated heterocycles. The molecule has 0 spiro atoms. The van der Waals surface area contributed by atoms with Crippen molar-refractivity contribution in [2.45, 2.75) is 20.8 Å². The second kappa shape index (κ2) is 5.86. The molecule has 0 aliphatic heterocycles. The van der Waals surface area contributed by atoms with Crippen LogP contribution in [0, 0.1) is 6.92 Å². The van der Waals surface area contributed by atoms with Crippen molar-refractivity contribution in [2.75, 3.05) is 25.9 Å². The van der Waals surface area contributed by atoms with E-state index in [0.29, 0.717) is 34.1 Å². The zero-order valence-corrected chi connectivity index (χ0v) is 12.0. The topological polar surface area (TPSA) is 75.4 Å². The normalized spacial score (nSPS) is 10.2. The van der Waals surface area contributed by atoms with Gasteiger partial charge < -0.3 is 16.0 Å². The minimum Gasteiger partial charge on any atom is -0.390 e. The Balaban J connectivity index is 3.22. The van der Waals surface area contributed by atoms with Gasteiger partial charge in [0.15, 0.2) is 0 Å². The molecule has 18 heavy (non-hydrogen) atoms. The Morgan fingerprint density at radius 1 is 1.33 bits per heavy atom. The highest BCUT2D eigenvalue weighted by atomic mass is 32.1. The quantitative estimate of drug-likeness (QED) is 0.869. The lowest BCUT2D eigenvalue weighted by Crippen LogP contribution is -2.31. The molecular formula is C12H19N3O2S. The number of nitrogens with one attached hydrogen (secondary N) is 1. The van der Waals surface area contributed by atoms with E-state index in [9.17, 15) is 9.59 Å². The van der Waals surface area contributed by atoms with Gasteiger partial charge in [0.2, 0.25) is 0 Å². The fraction of sp³-hybridized carbons (Fsp3) is 0.500. The fourth-order valence-corrected chi connectivity index (χ4v) is 2.81. The van der Waals surface area contributed by atoms with E-state index in [1.165, 1.54) is 0 Å². The Bertz CT molecular complexity index is 464. The molecule has 100 valence electrons. The summed E-state index contributed by atoms with van der Waals surface area (Å²) in [5.74, 6) is -0.316. The number of nitrogens with zero attached hydrogens (tertiary/aromatic N) is 1. The molecule has 0 atom stereocenters. The minimum atomic E-state index is -0.206. The largest absolute Gasteiger partial charge is 0.390 e. The van der Waals surface area contributed by atoms with Gasteiger partial charge in [-0.3, -0.25) is 9.59 Å². The summed E-state index contributed by atoms with van der Waals surface area (Å²) in [6, 6.07) is 0. The molecule has 2 amide bonds. The van der Waals surface area contributed by atoms with Gasteiger partial charge in [0.1, 0.15) is 0 Å². The first-order valence-corrected chi connectivity index (χ1v) is 6.69. The van der Waals surface area contributed by atoms with Crippen LogP contribution in [0.3, 0.4) is 0 Å². The van der Waals surface area contributed by atoms with E-state index in [1.54, 1.807) is 18.9 Å². The SMILES string of the molecule is CCN(CC)C(=O)c1c(N)sc(C(=O)NC)c1C. The molecule has 1 heterocycles. The highest BCUT2D eigenvalue weighted by Crippen LogP contribution is 2.31. The summed E-state index contributed by atoms with van der Waals surface area (Å²) in [5, 5.41) is 2.96. The molecular weight excluding hydrogens is 250 g/mol. The number of nitrogens with two attached hydrogens (primary N) is 1. The number of nitrogen functional groups attached to an aromatic ring is 1. The van der Waals surface area contributed by atoms with Crippen LogP contribution in [0.2, 0.25) is 0 Å². The molecule has 6 heteroatoms. The van der Waals surface area contributed by atoms with Gasteiger partial charge in [0, 0.05) is 20.1 Å². The predicted octanol–water partition coefficient (Wildman–Crippen LogP) is 1.48. The molecule has 0 aliphatic carbocycles. The van der Waals surface area contributed by atoms with Crippen molar-refractivity contribution in [3.63, 3.8) is 0 Å². The van der Waals surface area contributed by atoms with Gasteiger partial charge in [0.05, 0.1) is 15.4 Å². The van der Waals surface area contributed by atoms with Crippen molar-refractivity contribution in [1.82, 2.24) is 10.2 Å². The van der Waals surface area contributed by atoms with Crippen LogP contribution in [0.5, 0.6) is 0 Å². The number of amides is 2. The molecule has 1 aromatic rings. The number of carbonyl (C=O) groups excluding carboxylic acids is 2. The molecule has 0 aliphatic rings. The summed E-state index contributed by atoms with van der Waals surface area (Å²) < 4.78 is 0. The maximum atomic E-state index is 12.3. The van der Waals surface area contributed by atoms with Gasteiger partial charge in [-0.1, -0.05) is 0 Å². The van der Waals surface area contributed by atoms with Gasteiger partial charge in [-0.25, -0.2) is 0 Å². The summed E-state index contributed by atoms with van der Waals surface area (Å²) in [7, 11) is 1.56. The number of hydrogen-bond acceptors (Lipinski definition) is 4. The van der Waals surface area contributed by atoms with Crippen molar-refractivity contribution < 1.29 is 9.59 Å². The zero-order chi connectivity index (χ0) is 13.9. The Morgan fingerprint density at radius 3 is 2.33 bits per heavy atom. The van der Waals surface area contributed by atoms with E-state index in [1.807, 2.05) is 13.8 Å². The molecule has 0 bridgehead atoms. The average molecular weight is 269 g/mol. The van der Waals surface area contributed by atoms with Crippen molar-refractivity contribution in [3.05, 3.63) is 16.0 Å². The maximum Gasteiger partial charge on any atom is 0.261 e. The maximum absolute atomic E-state index is 12.3. The van der Waals surface area contributed by atoms with Crippen LogP contribution < -0.4 is 11.1 Å². The molecule has 0 radical (unpaired) electrons. The van der Waals surface area contributed by atoms with Gasteiger partial charge in [-0.15, -0.1) is 11.3 Å². The van der Waals surface area contributed by atoms with Gasteiger partial charge in [-0.2, -0.15) is 0 Å². The lowest BCUT2D eigenvalue weighted by Gasteiger charge is -2.18. The van der Waals surface area contributed by atoms with Crippen molar-refractivity contribution >= 4 is 28.2 Å². The number of carbonyl (C=O) groups is 2. The molecule has 0 fully saturated rings. The molecule has 0 aromatic carbocycles. The van der Waals surface area contributed by atoms with Gasteiger partial charge in [0.25, 0.3) is 11.8 Å². The summed E-state index contributed by atoms with van der Waals surface area (Å²) in [6.45, 7) is 6.84. The van der Waals surface area contributed by atoms with Crippen molar-refractivity contribution in [1.29, 1.82) is 0 Å². The van der Waals surface area contributed by atoms with Crippen molar-refractivity contribution in [2.24, 2.45) is 0 Å². The first kappa shape index (κ1) is 14.5. The summed E-state index contributed by atoms with van der Waals surface area (Å²) >= 11 is 1.16. The summed E-state index contributed by atoms with van der Waals surface area (Å²) in [4.78, 5) is 26.1. The average Bonchev–Trinajstić information content (AvgIpc) is 2.65. The number of rotatable bonds is 4. The predicted molar refractivity (Wildman–Crippen MR) is 74.1 cm³/mol. The van der Waals surface area contributed by atoms with E-state index in [-0.39, 0.29) is 11.8 Å². The van der Waals surface area contributed by atoms with E-state index < -0.39 is 0 Å². The third-order valence-electron chi connectivity index (χ3n) is 2.87. The van der Waals surface area contributed by atoms with Crippen LogP contribution in [0.15, 0.2) is 0 Å². The van der Waals surface area contributed by atoms with Gasteiger partial charge >= 0.3 is 0 Å². The van der Waals surface area contributed by atoms with Crippen LogP contribution in [0.4, 0.5) is 5.00 Å². The van der Waals surface area contributed by atoms with E-state index in [0.717, 1.165) is 11.3 Å². The third-order valence-corrected chi connectivity index (χ3v) is 3.99. The van der Waals surface area contributed by atoms with Gasteiger partial charge in [-0.05, 0) is 26.3 Å². The molecule has 1 aromatic heterocycles. The number of thiophene rings is 1. The number of hydrogen-bond donors (Lipinski definition) is 2. The lowest BCUT2D eigenvalue weighted by atomic mass is 10.1.